The molecule has 1 aliphatic rings. The Hall–Kier alpha value is -0.600. The van der Waals surface area contributed by atoms with Crippen LogP contribution in [0.1, 0.15) is 32.6 Å². The number of nitrogens with zero attached hydrogens (tertiary/aromatic N) is 1. The molecule has 1 aromatic rings. The summed E-state index contributed by atoms with van der Waals surface area (Å²) in [5.74, 6) is 0. The van der Waals surface area contributed by atoms with Gasteiger partial charge in [-0.2, -0.15) is 0 Å². The molecule has 1 unspecified atom stereocenters. The second kappa shape index (κ2) is 5.36. The third kappa shape index (κ3) is 2.80. The smallest absolute Gasteiger partial charge is 0.0618 e. The molecular weight excluding hydrogens is 255 g/mol. The van der Waals surface area contributed by atoms with Crippen molar-refractivity contribution in [3.8, 4) is 0 Å². The molecule has 0 aliphatic carbocycles. The number of hydrogen-bond donors (Lipinski definition) is 1. The van der Waals surface area contributed by atoms with Crippen LogP contribution in [-0.2, 0) is 0 Å². The fourth-order valence-corrected chi connectivity index (χ4v) is 2.76. The third-order valence-corrected chi connectivity index (χ3v) is 4.15. The average Bonchev–Trinajstić information content (AvgIpc) is 2.49. The number of rotatable bonds is 1. The van der Waals surface area contributed by atoms with Crippen LogP contribution in [0.3, 0.4) is 0 Å². The summed E-state index contributed by atoms with van der Waals surface area (Å²) in [6.45, 7) is 3.29. The Morgan fingerprint density at radius 3 is 2.65 bits per heavy atom. The van der Waals surface area contributed by atoms with E-state index in [1.807, 2.05) is 6.07 Å². The summed E-state index contributed by atoms with van der Waals surface area (Å²) in [6.07, 6.45) is 5.00. The molecule has 1 saturated heterocycles. The van der Waals surface area contributed by atoms with E-state index >= 15 is 0 Å². The summed E-state index contributed by atoms with van der Waals surface area (Å²) in [5.41, 5.74) is 7.79. The highest BCUT2D eigenvalue weighted by Crippen LogP contribution is 2.35. The van der Waals surface area contributed by atoms with Crippen LogP contribution in [0.5, 0.6) is 0 Å². The van der Waals surface area contributed by atoms with Gasteiger partial charge in [-0.3, -0.25) is 0 Å². The van der Waals surface area contributed by atoms with Crippen molar-refractivity contribution in [3.63, 3.8) is 0 Å². The molecule has 1 aromatic carbocycles. The number of nitrogen functional groups attached to an aromatic ring is 1. The highest BCUT2D eigenvalue weighted by molar-refractivity contribution is 6.42. The molecule has 0 bridgehead atoms. The summed E-state index contributed by atoms with van der Waals surface area (Å²) in [5, 5.41) is 1.10. The van der Waals surface area contributed by atoms with Crippen LogP contribution in [0.2, 0.25) is 10.0 Å². The number of anilines is 2. The Labute approximate surface area is 113 Å². The zero-order chi connectivity index (χ0) is 12.4. The van der Waals surface area contributed by atoms with Gasteiger partial charge in [-0.1, -0.05) is 36.0 Å². The maximum Gasteiger partial charge on any atom is 0.0618 e. The molecule has 2 rings (SSSR count). The van der Waals surface area contributed by atoms with Gasteiger partial charge in [0.15, 0.2) is 0 Å². The lowest BCUT2D eigenvalue weighted by Crippen LogP contribution is -2.33. The number of nitrogens with two attached hydrogens (primary N) is 1. The zero-order valence-electron chi connectivity index (χ0n) is 10.0. The molecule has 0 radical (unpaired) electrons. The average molecular weight is 273 g/mol. The SMILES string of the molecule is CC1CCCCCN1c1cc(Cl)c(Cl)cc1N. The van der Waals surface area contributed by atoms with E-state index in [9.17, 15) is 0 Å². The van der Waals surface area contributed by atoms with Crippen LogP contribution in [-0.4, -0.2) is 12.6 Å². The first-order chi connectivity index (χ1) is 8.09. The van der Waals surface area contributed by atoms with Crippen molar-refractivity contribution in [1.29, 1.82) is 0 Å². The molecule has 0 saturated carbocycles. The normalized spacial score (nSPS) is 21.4. The van der Waals surface area contributed by atoms with E-state index in [4.69, 9.17) is 28.9 Å². The van der Waals surface area contributed by atoms with Gasteiger partial charge in [-0.25, -0.2) is 0 Å². The van der Waals surface area contributed by atoms with Gasteiger partial charge in [0, 0.05) is 12.6 Å². The highest BCUT2D eigenvalue weighted by atomic mass is 35.5. The molecule has 1 aliphatic heterocycles. The minimum atomic E-state index is 0.511. The molecule has 4 heteroatoms. The van der Waals surface area contributed by atoms with Gasteiger partial charge in [0.2, 0.25) is 0 Å². The van der Waals surface area contributed by atoms with Crippen LogP contribution in [0, 0.1) is 0 Å². The van der Waals surface area contributed by atoms with Crippen molar-refractivity contribution in [2.75, 3.05) is 17.2 Å². The van der Waals surface area contributed by atoms with Gasteiger partial charge in [0.1, 0.15) is 0 Å². The van der Waals surface area contributed by atoms with Crippen molar-refractivity contribution < 1.29 is 0 Å². The first kappa shape index (κ1) is 12.8. The van der Waals surface area contributed by atoms with E-state index in [0.717, 1.165) is 12.2 Å². The van der Waals surface area contributed by atoms with E-state index < -0.39 is 0 Å². The molecule has 94 valence electrons. The zero-order valence-corrected chi connectivity index (χ0v) is 11.6. The Balaban J connectivity index is 2.34. The van der Waals surface area contributed by atoms with Crippen molar-refractivity contribution in [3.05, 3.63) is 22.2 Å². The van der Waals surface area contributed by atoms with E-state index in [2.05, 4.69) is 11.8 Å². The third-order valence-electron chi connectivity index (χ3n) is 3.43. The molecule has 17 heavy (non-hydrogen) atoms. The van der Waals surface area contributed by atoms with Gasteiger partial charge in [0.05, 0.1) is 21.4 Å². The van der Waals surface area contributed by atoms with Gasteiger partial charge in [-0.05, 0) is 31.9 Å². The molecule has 1 atom stereocenters. The lowest BCUT2D eigenvalue weighted by Gasteiger charge is -2.30. The number of benzene rings is 1. The van der Waals surface area contributed by atoms with E-state index in [1.165, 1.54) is 25.7 Å². The molecule has 0 spiro atoms. The maximum absolute atomic E-state index is 6.08. The molecule has 0 aromatic heterocycles. The van der Waals surface area contributed by atoms with Crippen molar-refractivity contribution in [2.45, 2.75) is 38.6 Å². The number of hydrogen-bond acceptors (Lipinski definition) is 2. The fraction of sp³-hybridized carbons (Fsp3) is 0.538. The highest BCUT2D eigenvalue weighted by Gasteiger charge is 2.20. The minimum Gasteiger partial charge on any atom is -0.397 e. The topological polar surface area (TPSA) is 29.3 Å². The van der Waals surface area contributed by atoms with Crippen LogP contribution in [0.4, 0.5) is 11.4 Å². The first-order valence-corrected chi connectivity index (χ1v) is 6.86. The minimum absolute atomic E-state index is 0.511. The second-order valence-corrected chi connectivity index (χ2v) is 5.53. The maximum atomic E-state index is 6.08. The van der Waals surface area contributed by atoms with Crippen LogP contribution in [0.15, 0.2) is 12.1 Å². The summed E-state index contributed by atoms with van der Waals surface area (Å²) < 4.78 is 0. The summed E-state index contributed by atoms with van der Waals surface area (Å²) in [7, 11) is 0. The molecular formula is C13H18Cl2N2. The van der Waals surface area contributed by atoms with Crippen molar-refractivity contribution in [1.82, 2.24) is 0 Å². The quantitative estimate of drug-likeness (QED) is 0.771. The predicted octanol–water partition coefficient (Wildman–Crippen LogP) is 4.34. The molecule has 2 nitrogen and oxygen atoms in total. The molecule has 1 heterocycles. The Kier molecular flexibility index (Phi) is 4.05. The van der Waals surface area contributed by atoms with Crippen LogP contribution in [0.25, 0.3) is 0 Å². The Morgan fingerprint density at radius 1 is 1.18 bits per heavy atom. The monoisotopic (exact) mass is 272 g/mol. The van der Waals surface area contributed by atoms with Crippen LogP contribution >= 0.6 is 23.2 Å². The summed E-state index contributed by atoms with van der Waals surface area (Å²) >= 11 is 12.0. The van der Waals surface area contributed by atoms with Gasteiger partial charge in [-0.15, -0.1) is 0 Å². The molecule has 2 N–H and O–H groups in total. The van der Waals surface area contributed by atoms with Gasteiger partial charge < -0.3 is 10.6 Å². The lowest BCUT2D eigenvalue weighted by molar-refractivity contribution is 0.617. The van der Waals surface area contributed by atoms with Crippen LogP contribution < -0.4 is 10.6 Å². The Bertz CT molecular complexity index is 407. The Morgan fingerprint density at radius 2 is 1.88 bits per heavy atom. The standard InChI is InChI=1S/C13H18Cl2N2/c1-9-5-3-2-4-6-17(9)13-8-11(15)10(14)7-12(13)16/h7-9H,2-6,16H2,1H3. The second-order valence-electron chi connectivity index (χ2n) is 4.72. The van der Waals surface area contributed by atoms with Crippen molar-refractivity contribution in [2.24, 2.45) is 0 Å². The van der Waals surface area contributed by atoms with E-state index in [-0.39, 0.29) is 0 Å². The largest absolute Gasteiger partial charge is 0.397 e. The fourth-order valence-electron chi connectivity index (χ4n) is 2.43. The van der Waals surface area contributed by atoms with Crippen molar-refractivity contribution >= 4 is 34.6 Å². The van der Waals surface area contributed by atoms with Gasteiger partial charge in [0.25, 0.3) is 0 Å². The van der Waals surface area contributed by atoms with E-state index in [1.54, 1.807) is 6.07 Å². The predicted molar refractivity (Wildman–Crippen MR) is 76.2 cm³/mol. The first-order valence-electron chi connectivity index (χ1n) is 6.10. The lowest BCUT2D eigenvalue weighted by atomic mass is 10.1. The molecule has 0 amide bonds. The van der Waals surface area contributed by atoms with E-state index in [0.29, 0.717) is 21.8 Å². The molecule has 1 fully saturated rings. The van der Waals surface area contributed by atoms with Gasteiger partial charge >= 0.3 is 0 Å². The summed E-state index contributed by atoms with van der Waals surface area (Å²) in [4.78, 5) is 2.35. The number of halogens is 2. The summed E-state index contributed by atoms with van der Waals surface area (Å²) in [6, 6.07) is 4.15.